The average molecular weight is 381 g/mol. The van der Waals surface area contributed by atoms with Crippen LogP contribution in [-0.2, 0) is 9.59 Å². The molecule has 0 bridgehead atoms. The quantitative estimate of drug-likeness (QED) is 0.597. The summed E-state index contributed by atoms with van der Waals surface area (Å²) in [5.74, 6) is -0.266. The van der Waals surface area contributed by atoms with E-state index in [2.05, 4.69) is 12.2 Å². The normalized spacial score (nSPS) is 15.0. The second-order valence-corrected chi connectivity index (χ2v) is 7.67. The van der Waals surface area contributed by atoms with Crippen molar-refractivity contribution in [1.29, 1.82) is 0 Å². The number of anilines is 1. The van der Waals surface area contributed by atoms with Crippen LogP contribution in [0.2, 0.25) is 0 Å². The van der Waals surface area contributed by atoms with Gasteiger partial charge >= 0.3 is 0 Å². The highest BCUT2D eigenvalue weighted by atomic mass is 32.2. The van der Waals surface area contributed by atoms with Gasteiger partial charge in [-0.25, -0.2) is 0 Å². The first-order valence-electron chi connectivity index (χ1n) is 9.22. The highest BCUT2D eigenvalue weighted by Crippen LogP contribution is 2.41. The summed E-state index contributed by atoms with van der Waals surface area (Å²) < 4.78 is 0. The van der Waals surface area contributed by atoms with Crippen LogP contribution in [0.15, 0.2) is 58.3 Å². The van der Waals surface area contributed by atoms with Gasteiger partial charge in [-0.05, 0) is 37.1 Å². The molecule has 0 atom stereocenters. The van der Waals surface area contributed by atoms with Crippen LogP contribution < -0.4 is 10.2 Å². The standard InChI is InChI=1S/C22H24N2O2S/c1-3-4-13-23-21(25)15-24-18-7-5-6-8-19(18)27-20(22(24)26)14-17-11-9-16(2)10-12-17/h5-12,14H,3-4,13,15H2,1-2H3,(H,23,25). The van der Waals surface area contributed by atoms with Crippen LogP contribution in [-0.4, -0.2) is 24.9 Å². The molecule has 0 aliphatic carbocycles. The molecule has 1 aliphatic rings. The summed E-state index contributed by atoms with van der Waals surface area (Å²) in [7, 11) is 0. The molecule has 1 N–H and O–H groups in total. The van der Waals surface area contributed by atoms with Gasteiger partial charge in [0.1, 0.15) is 6.54 Å². The first-order chi connectivity index (χ1) is 13.1. The van der Waals surface area contributed by atoms with Gasteiger partial charge in [0.15, 0.2) is 0 Å². The number of unbranched alkanes of at least 4 members (excludes halogenated alkanes) is 1. The molecule has 0 saturated heterocycles. The van der Waals surface area contributed by atoms with Gasteiger partial charge < -0.3 is 5.32 Å². The fourth-order valence-electron chi connectivity index (χ4n) is 2.84. The van der Waals surface area contributed by atoms with Crippen LogP contribution in [0.1, 0.15) is 30.9 Å². The van der Waals surface area contributed by atoms with E-state index >= 15 is 0 Å². The lowest BCUT2D eigenvalue weighted by molar-refractivity contribution is -0.122. The number of carbonyl (C=O) groups is 2. The molecule has 27 heavy (non-hydrogen) atoms. The lowest BCUT2D eigenvalue weighted by Gasteiger charge is -2.29. The lowest BCUT2D eigenvalue weighted by atomic mass is 10.1. The van der Waals surface area contributed by atoms with E-state index in [0.717, 1.165) is 29.0 Å². The van der Waals surface area contributed by atoms with E-state index in [-0.39, 0.29) is 18.4 Å². The summed E-state index contributed by atoms with van der Waals surface area (Å²) >= 11 is 1.45. The second kappa shape index (κ2) is 8.91. The second-order valence-electron chi connectivity index (χ2n) is 6.58. The maximum absolute atomic E-state index is 13.1. The van der Waals surface area contributed by atoms with Crippen LogP contribution in [0.5, 0.6) is 0 Å². The largest absolute Gasteiger partial charge is 0.355 e. The van der Waals surface area contributed by atoms with E-state index in [9.17, 15) is 9.59 Å². The highest BCUT2D eigenvalue weighted by molar-refractivity contribution is 8.04. The summed E-state index contributed by atoms with van der Waals surface area (Å²) in [6, 6.07) is 15.8. The number of nitrogens with zero attached hydrogens (tertiary/aromatic N) is 1. The fourth-order valence-corrected chi connectivity index (χ4v) is 3.90. The van der Waals surface area contributed by atoms with Crippen molar-refractivity contribution in [2.45, 2.75) is 31.6 Å². The minimum absolute atomic E-state index is 0.0331. The maximum atomic E-state index is 13.1. The zero-order chi connectivity index (χ0) is 19.2. The molecule has 2 aromatic rings. The van der Waals surface area contributed by atoms with Crippen LogP contribution in [0.3, 0.4) is 0 Å². The van der Waals surface area contributed by atoms with E-state index in [0.29, 0.717) is 11.4 Å². The van der Waals surface area contributed by atoms with Crippen molar-refractivity contribution >= 4 is 35.3 Å². The van der Waals surface area contributed by atoms with Crippen LogP contribution in [0, 0.1) is 6.92 Å². The van der Waals surface area contributed by atoms with Gasteiger partial charge in [0.05, 0.1) is 10.6 Å². The van der Waals surface area contributed by atoms with Crippen molar-refractivity contribution in [2.24, 2.45) is 0 Å². The summed E-state index contributed by atoms with van der Waals surface area (Å²) in [6.45, 7) is 4.79. The fraction of sp³-hybridized carbons (Fsp3) is 0.273. The first kappa shape index (κ1) is 19.2. The van der Waals surface area contributed by atoms with Gasteiger partial charge in [-0.1, -0.05) is 67.1 Å². The van der Waals surface area contributed by atoms with Crippen LogP contribution in [0.25, 0.3) is 6.08 Å². The minimum atomic E-state index is -0.134. The molecular weight excluding hydrogens is 356 g/mol. The number of aryl methyl sites for hydroxylation is 1. The number of thioether (sulfide) groups is 1. The lowest BCUT2D eigenvalue weighted by Crippen LogP contribution is -2.42. The Morgan fingerprint density at radius 1 is 1.15 bits per heavy atom. The van der Waals surface area contributed by atoms with Gasteiger partial charge in [0.2, 0.25) is 5.91 Å². The zero-order valence-electron chi connectivity index (χ0n) is 15.7. The topological polar surface area (TPSA) is 49.4 Å². The molecule has 4 nitrogen and oxygen atoms in total. The van der Waals surface area contributed by atoms with Crippen LogP contribution in [0.4, 0.5) is 5.69 Å². The SMILES string of the molecule is CCCCNC(=O)CN1C(=O)C(=Cc2ccc(C)cc2)Sc2ccccc21. The van der Waals surface area contributed by atoms with Crippen LogP contribution >= 0.6 is 11.8 Å². The number of amides is 2. The first-order valence-corrected chi connectivity index (χ1v) is 10.0. The molecule has 140 valence electrons. The van der Waals surface area contributed by atoms with E-state index in [1.165, 1.54) is 17.3 Å². The molecule has 2 aromatic carbocycles. The number of para-hydroxylation sites is 1. The van der Waals surface area contributed by atoms with E-state index in [1.54, 1.807) is 4.90 Å². The summed E-state index contributed by atoms with van der Waals surface area (Å²) in [5.41, 5.74) is 2.94. The van der Waals surface area contributed by atoms with Crippen molar-refractivity contribution in [3.8, 4) is 0 Å². The molecule has 5 heteroatoms. The molecule has 2 amide bonds. The summed E-state index contributed by atoms with van der Waals surface area (Å²) in [4.78, 5) is 28.6. The number of hydrogen-bond donors (Lipinski definition) is 1. The monoisotopic (exact) mass is 380 g/mol. The number of nitrogens with one attached hydrogen (secondary N) is 1. The van der Waals surface area contributed by atoms with E-state index < -0.39 is 0 Å². The number of rotatable bonds is 6. The Hall–Kier alpha value is -2.53. The molecule has 0 radical (unpaired) electrons. The molecule has 1 heterocycles. The summed E-state index contributed by atoms with van der Waals surface area (Å²) in [5, 5.41) is 2.89. The van der Waals surface area contributed by atoms with Gasteiger partial charge in [-0.15, -0.1) is 0 Å². The average Bonchev–Trinajstić information content (AvgIpc) is 2.67. The van der Waals surface area contributed by atoms with Crippen molar-refractivity contribution in [3.63, 3.8) is 0 Å². The summed E-state index contributed by atoms with van der Waals surface area (Å²) in [6.07, 6.45) is 3.85. The Morgan fingerprint density at radius 3 is 2.63 bits per heavy atom. The van der Waals surface area contributed by atoms with Crippen molar-refractivity contribution in [3.05, 3.63) is 64.6 Å². The van der Waals surface area contributed by atoms with Crippen molar-refractivity contribution in [2.75, 3.05) is 18.0 Å². The number of carbonyl (C=O) groups excluding carboxylic acids is 2. The molecule has 3 rings (SSSR count). The molecule has 0 aromatic heterocycles. The van der Waals surface area contributed by atoms with Crippen molar-refractivity contribution in [1.82, 2.24) is 5.32 Å². The Kier molecular flexibility index (Phi) is 6.35. The molecule has 1 aliphatic heterocycles. The smallest absolute Gasteiger partial charge is 0.265 e. The number of benzene rings is 2. The Bertz CT molecular complexity index is 859. The Balaban J connectivity index is 1.86. The number of hydrogen-bond acceptors (Lipinski definition) is 3. The molecular formula is C22H24N2O2S. The van der Waals surface area contributed by atoms with E-state index in [4.69, 9.17) is 0 Å². The maximum Gasteiger partial charge on any atom is 0.265 e. The highest BCUT2D eigenvalue weighted by Gasteiger charge is 2.30. The van der Waals surface area contributed by atoms with Gasteiger partial charge in [0, 0.05) is 11.4 Å². The van der Waals surface area contributed by atoms with Gasteiger partial charge in [-0.2, -0.15) is 0 Å². The molecule has 0 saturated carbocycles. The van der Waals surface area contributed by atoms with E-state index in [1.807, 2.05) is 61.5 Å². The molecule has 0 spiro atoms. The predicted molar refractivity (Wildman–Crippen MR) is 112 cm³/mol. The zero-order valence-corrected chi connectivity index (χ0v) is 16.5. The Morgan fingerprint density at radius 2 is 1.89 bits per heavy atom. The van der Waals surface area contributed by atoms with Gasteiger partial charge in [0.25, 0.3) is 5.91 Å². The third-order valence-corrected chi connectivity index (χ3v) is 5.44. The third kappa shape index (κ3) is 4.80. The van der Waals surface area contributed by atoms with Gasteiger partial charge in [-0.3, -0.25) is 14.5 Å². The molecule has 0 unspecified atom stereocenters. The Labute approximate surface area is 164 Å². The third-order valence-electron chi connectivity index (χ3n) is 4.36. The number of fused-ring (bicyclic) bond motifs is 1. The van der Waals surface area contributed by atoms with Crippen molar-refractivity contribution < 1.29 is 9.59 Å². The minimum Gasteiger partial charge on any atom is -0.355 e. The predicted octanol–water partition coefficient (Wildman–Crippen LogP) is 4.39. The molecule has 0 fully saturated rings.